The van der Waals surface area contributed by atoms with Crippen molar-refractivity contribution in [2.45, 2.75) is 45.1 Å². The molecule has 1 saturated carbocycles. The topological polar surface area (TPSA) is 49.9 Å². The van der Waals surface area contributed by atoms with E-state index in [0.29, 0.717) is 37.1 Å². The van der Waals surface area contributed by atoms with Crippen LogP contribution in [0.15, 0.2) is 66.0 Å². The number of hydrogen-bond donors (Lipinski definition) is 0. The van der Waals surface area contributed by atoms with Crippen LogP contribution >= 0.6 is 11.3 Å². The summed E-state index contributed by atoms with van der Waals surface area (Å²) in [4.78, 5) is 32.0. The molecule has 6 heteroatoms. The van der Waals surface area contributed by atoms with Gasteiger partial charge in [0.05, 0.1) is 6.04 Å². The Bertz CT molecular complexity index is 1180. The van der Waals surface area contributed by atoms with Gasteiger partial charge in [0.1, 0.15) is 18.9 Å². The van der Waals surface area contributed by atoms with Crippen molar-refractivity contribution in [3.8, 4) is 5.75 Å². The van der Waals surface area contributed by atoms with Gasteiger partial charge in [0, 0.05) is 23.5 Å². The molecular formula is C30H34N2O3S. The average molecular weight is 503 g/mol. The molecule has 0 saturated heterocycles. The zero-order valence-electron chi connectivity index (χ0n) is 21.1. The van der Waals surface area contributed by atoms with Gasteiger partial charge < -0.3 is 14.5 Å². The van der Waals surface area contributed by atoms with Crippen LogP contribution in [-0.2, 0) is 11.2 Å². The smallest absolute Gasteiger partial charge is 0.254 e. The number of nitrogens with zero attached hydrogens (tertiary/aromatic N) is 2. The SMILES string of the molecule is CC(C)c1ccc(OC[C@@H]2c3ccsc3CCN2C(=O)CN(CC2CC2)C(=O)c2ccccc2)cc1. The Morgan fingerprint density at radius 3 is 2.50 bits per heavy atom. The zero-order chi connectivity index (χ0) is 25.1. The molecule has 2 amide bonds. The molecule has 0 radical (unpaired) electrons. The van der Waals surface area contributed by atoms with Crippen molar-refractivity contribution in [2.75, 3.05) is 26.2 Å². The second kappa shape index (κ2) is 10.9. The van der Waals surface area contributed by atoms with E-state index < -0.39 is 0 Å². The molecule has 2 heterocycles. The molecule has 36 heavy (non-hydrogen) atoms. The second-order valence-corrected chi connectivity index (χ2v) is 11.2. The Morgan fingerprint density at radius 2 is 1.81 bits per heavy atom. The van der Waals surface area contributed by atoms with E-state index in [0.717, 1.165) is 25.0 Å². The predicted octanol–water partition coefficient (Wildman–Crippen LogP) is 5.93. The van der Waals surface area contributed by atoms with Gasteiger partial charge in [0.15, 0.2) is 0 Å². The minimum absolute atomic E-state index is 0.0134. The molecular weight excluding hydrogens is 468 g/mol. The van der Waals surface area contributed by atoms with Gasteiger partial charge in [-0.1, -0.05) is 44.2 Å². The number of carbonyl (C=O) groups excluding carboxylic acids is 2. The molecule has 1 aliphatic carbocycles. The summed E-state index contributed by atoms with van der Waals surface area (Å²) < 4.78 is 6.21. The van der Waals surface area contributed by atoms with E-state index in [9.17, 15) is 9.59 Å². The van der Waals surface area contributed by atoms with Crippen molar-refractivity contribution in [1.29, 1.82) is 0 Å². The van der Waals surface area contributed by atoms with E-state index in [1.54, 1.807) is 16.2 Å². The number of rotatable bonds is 9. The van der Waals surface area contributed by atoms with Crippen LogP contribution in [0.1, 0.15) is 65.0 Å². The van der Waals surface area contributed by atoms with Crippen molar-refractivity contribution in [3.05, 3.63) is 87.6 Å². The first-order valence-corrected chi connectivity index (χ1v) is 13.8. The van der Waals surface area contributed by atoms with Crippen LogP contribution in [0.25, 0.3) is 0 Å². The summed E-state index contributed by atoms with van der Waals surface area (Å²) in [5, 5.41) is 2.10. The summed E-state index contributed by atoms with van der Waals surface area (Å²) in [7, 11) is 0. The highest BCUT2D eigenvalue weighted by Crippen LogP contribution is 2.35. The molecule has 0 bridgehead atoms. The third-order valence-corrected chi connectivity index (χ3v) is 8.18. The normalized spacial score (nSPS) is 17.1. The highest BCUT2D eigenvalue weighted by Gasteiger charge is 2.35. The molecule has 188 valence electrons. The maximum absolute atomic E-state index is 13.7. The molecule has 1 aromatic heterocycles. The van der Waals surface area contributed by atoms with E-state index in [-0.39, 0.29) is 24.4 Å². The molecule has 5 nitrogen and oxygen atoms in total. The lowest BCUT2D eigenvalue weighted by Crippen LogP contribution is -2.48. The number of thiophene rings is 1. The fourth-order valence-electron chi connectivity index (χ4n) is 4.85. The molecule has 1 atom stereocenters. The van der Waals surface area contributed by atoms with Crippen molar-refractivity contribution in [1.82, 2.24) is 9.80 Å². The van der Waals surface area contributed by atoms with Gasteiger partial charge in [-0.15, -0.1) is 11.3 Å². The Hall–Kier alpha value is -3.12. The molecule has 3 aromatic rings. The number of amides is 2. The predicted molar refractivity (Wildman–Crippen MR) is 144 cm³/mol. The Morgan fingerprint density at radius 1 is 1.06 bits per heavy atom. The fraction of sp³-hybridized carbons (Fsp3) is 0.400. The standard InChI is InChI=1S/C30H34N2O3S/c1-21(2)23-10-12-25(13-11-23)35-20-27-26-15-17-36-28(26)14-16-32(27)29(33)19-31(18-22-8-9-22)30(34)24-6-4-3-5-7-24/h3-7,10-13,15,17,21-22,27H,8-9,14,16,18-20H2,1-2H3/t27-/m1/s1. The van der Waals surface area contributed by atoms with Gasteiger partial charge in [-0.05, 0) is 77.9 Å². The van der Waals surface area contributed by atoms with Gasteiger partial charge in [-0.3, -0.25) is 9.59 Å². The monoisotopic (exact) mass is 502 g/mol. The first kappa shape index (κ1) is 24.6. The first-order chi connectivity index (χ1) is 17.5. The van der Waals surface area contributed by atoms with Crippen molar-refractivity contribution >= 4 is 23.2 Å². The minimum Gasteiger partial charge on any atom is -0.491 e. The number of hydrogen-bond acceptors (Lipinski definition) is 4. The van der Waals surface area contributed by atoms with Gasteiger partial charge in [0.25, 0.3) is 5.91 Å². The molecule has 5 rings (SSSR count). The molecule has 2 aromatic carbocycles. The largest absolute Gasteiger partial charge is 0.491 e. The van der Waals surface area contributed by atoms with Crippen LogP contribution in [0.4, 0.5) is 0 Å². The summed E-state index contributed by atoms with van der Waals surface area (Å²) in [6.45, 7) is 6.13. The Kier molecular flexibility index (Phi) is 7.42. The lowest BCUT2D eigenvalue weighted by molar-refractivity contribution is -0.135. The van der Waals surface area contributed by atoms with Crippen LogP contribution in [0, 0.1) is 5.92 Å². The van der Waals surface area contributed by atoms with E-state index in [2.05, 4.69) is 37.4 Å². The Labute approximate surface area is 217 Å². The van der Waals surface area contributed by atoms with Crippen molar-refractivity contribution < 1.29 is 14.3 Å². The molecule has 0 N–H and O–H groups in total. The second-order valence-electron chi connectivity index (χ2n) is 10.2. The van der Waals surface area contributed by atoms with Gasteiger partial charge in [-0.2, -0.15) is 0 Å². The van der Waals surface area contributed by atoms with E-state index in [4.69, 9.17) is 4.74 Å². The molecule has 0 unspecified atom stereocenters. The maximum atomic E-state index is 13.7. The van der Waals surface area contributed by atoms with Crippen molar-refractivity contribution in [3.63, 3.8) is 0 Å². The summed E-state index contributed by atoms with van der Waals surface area (Å²) in [6.07, 6.45) is 3.09. The molecule has 1 fully saturated rings. The van der Waals surface area contributed by atoms with Crippen LogP contribution in [0.3, 0.4) is 0 Å². The fourth-order valence-corrected chi connectivity index (χ4v) is 5.78. The van der Waals surface area contributed by atoms with Crippen LogP contribution < -0.4 is 4.74 Å². The first-order valence-electron chi connectivity index (χ1n) is 12.9. The van der Waals surface area contributed by atoms with Gasteiger partial charge in [-0.25, -0.2) is 0 Å². The molecule has 1 aliphatic heterocycles. The van der Waals surface area contributed by atoms with E-state index in [1.807, 2.05) is 47.4 Å². The quantitative estimate of drug-likeness (QED) is 0.364. The summed E-state index contributed by atoms with van der Waals surface area (Å²) in [5.41, 5.74) is 3.08. The number of fused-ring (bicyclic) bond motifs is 1. The maximum Gasteiger partial charge on any atom is 0.254 e. The molecule has 0 spiro atoms. The number of ether oxygens (including phenoxy) is 1. The lowest BCUT2D eigenvalue weighted by atomic mass is 10.00. The van der Waals surface area contributed by atoms with Crippen LogP contribution in [-0.4, -0.2) is 47.9 Å². The third kappa shape index (κ3) is 5.65. The highest BCUT2D eigenvalue weighted by atomic mass is 32.1. The lowest BCUT2D eigenvalue weighted by Gasteiger charge is -2.37. The summed E-state index contributed by atoms with van der Waals surface area (Å²) in [6, 6.07) is 19.5. The van der Waals surface area contributed by atoms with E-state index >= 15 is 0 Å². The highest BCUT2D eigenvalue weighted by molar-refractivity contribution is 7.10. The number of carbonyl (C=O) groups is 2. The van der Waals surface area contributed by atoms with E-state index in [1.165, 1.54) is 16.0 Å². The molecule has 2 aliphatic rings. The Balaban J connectivity index is 1.32. The average Bonchev–Trinajstić information content (AvgIpc) is 3.59. The van der Waals surface area contributed by atoms with Crippen LogP contribution in [0.2, 0.25) is 0 Å². The van der Waals surface area contributed by atoms with Gasteiger partial charge in [0.2, 0.25) is 5.91 Å². The summed E-state index contributed by atoms with van der Waals surface area (Å²) in [5.74, 6) is 1.70. The number of benzene rings is 2. The van der Waals surface area contributed by atoms with Crippen LogP contribution in [0.5, 0.6) is 5.75 Å². The zero-order valence-corrected chi connectivity index (χ0v) is 21.9. The summed E-state index contributed by atoms with van der Waals surface area (Å²) >= 11 is 1.74. The minimum atomic E-state index is -0.160. The van der Waals surface area contributed by atoms with Gasteiger partial charge >= 0.3 is 0 Å². The van der Waals surface area contributed by atoms with Crippen molar-refractivity contribution in [2.24, 2.45) is 5.92 Å². The third-order valence-electron chi connectivity index (χ3n) is 7.18.